The predicted molar refractivity (Wildman–Crippen MR) is 108 cm³/mol. The maximum atomic E-state index is 12.9. The topological polar surface area (TPSA) is 123 Å². The number of amides is 2. The van der Waals surface area contributed by atoms with Gasteiger partial charge in [-0.25, -0.2) is 4.39 Å². The standard InChI is InChI=1S/C20H21FN4O6/c1-13(31-16-5-3-15(21)4-6-16)19(26)22-23-20(27)14-2-7-17(18(12-14)25(28)29)24-8-10-30-11-9-24/h2-7,12-13H,8-11H2,1H3,(H,22,26)(H,23,27). The van der Waals surface area contributed by atoms with Crippen LogP contribution in [0.3, 0.4) is 0 Å². The molecule has 2 N–H and O–H groups in total. The Morgan fingerprint density at radius 3 is 2.48 bits per heavy atom. The van der Waals surface area contributed by atoms with E-state index in [1.165, 1.54) is 43.3 Å². The summed E-state index contributed by atoms with van der Waals surface area (Å²) in [6, 6.07) is 9.22. The number of rotatable bonds is 6. The number of hydrogen-bond donors (Lipinski definition) is 2. The van der Waals surface area contributed by atoms with Gasteiger partial charge in [0.15, 0.2) is 6.10 Å². The van der Waals surface area contributed by atoms with E-state index in [-0.39, 0.29) is 17.0 Å². The van der Waals surface area contributed by atoms with Crippen molar-refractivity contribution in [1.82, 2.24) is 10.9 Å². The first-order chi connectivity index (χ1) is 14.8. The number of anilines is 1. The van der Waals surface area contributed by atoms with Crippen molar-refractivity contribution in [3.63, 3.8) is 0 Å². The van der Waals surface area contributed by atoms with Crippen LogP contribution in [0.25, 0.3) is 0 Å². The van der Waals surface area contributed by atoms with Crippen LogP contribution >= 0.6 is 0 Å². The highest BCUT2D eigenvalue weighted by Gasteiger charge is 2.24. The molecule has 2 aromatic carbocycles. The van der Waals surface area contributed by atoms with E-state index in [1.54, 1.807) is 0 Å². The summed E-state index contributed by atoms with van der Waals surface area (Å²) < 4.78 is 23.6. The Balaban J connectivity index is 1.61. The third-order valence-electron chi connectivity index (χ3n) is 4.58. The molecule has 0 aliphatic carbocycles. The van der Waals surface area contributed by atoms with Crippen molar-refractivity contribution in [2.75, 3.05) is 31.2 Å². The van der Waals surface area contributed by atoms with Crippen molar-refractivity contribution >= 4 is 23.2 Å². The molecular weight excluding hydrogens is 411 g/mol. The molecule has 0 bridgehead atoms. The second-order valence-electron chi connectivity index (χ2n) is 6.72. The highest BCUT2D eigenvalue weighted by Crippen LogP contribution is 2.29. The van der Waals surface area contributed by atoms with Gasteiger partial charge in [-0.2, -0.15) is 0 Å². The SMILES string of the molecule is CC(Oc1ccc(F)cc1)C(=O)NNC(=O)c1ccc(N2CCOCC2)c([N+](=O)[O-])c1. The van der Waals surface area contributed by atoms with Gasteiger partial charge in [-0.3, -0.25) is 30.6 Å². The molecule has 3 rings (SSSR count). The van der Waals surface area contributed by atoms with E-state index in [9.17, 15) is 24.1 Å². The van der Waals surface area contributed by atoms with Crippen LogP contribution in [0.1, 0.15) is 17.3 Å². The summed E-state index contributed by atoms with van der Waals surface area (Å²) in [6.45, 7) is 3.39. The Morgan fingerprint density at radius 2 is 1.84 bits per heavy atom. The number of halogens is 1. The van der Waals surface area contributed by atoms with E-state index in [0.717, 1.165) is 6.07 Å². The maximum absolute atomic E-state index is 12.9. The maximum Gasteiger partial charge on any atom is 0.293 e. The van der Waals surface area contributed by atoms with Gasteiger partial charge in [-0.15, -0.1) is 0 Å². The third-order valence-corrected chi connectivity index (χ3v) is 4.58. The lowest BCUT2D eigenvalue weighted by Crippen LogP contribution is -2.47. The smallest absolute Gasteiger partial charge is 0.293 e. The number of carbonyl (C=O) groups excluding carboxylic acids is 2. The van der Waals surface area contributed by atoms with Gasteiger partial charge in [-0.1, -0.05) is 0 Å². The lowest BCUT2D eigenvalue weighted by atomic mass is 10.1. The molecule has 0 radical (unpaired) electrons. The Bertz CT molecular complexity index is 963. The van der Waals surface area contributed by atoms with Crippen LogP contribution in [0.5, 0.6) is 5.75 Å². The average Bonchev–Trinajstić information content (AvgIpc) is 2.78. The molecule has 1 unspecified atom stereocenters. The van der Waals surface area contributed by atoms with Crippen molar-refractivity contribution in [2.45, 2.75) is 13.0 Å². The molecule has 164 valence electrons. The largest absolute Gasteiger partial charge is 0.481 e. The van der Waals surface area contributed by atoms with Crippen molar-refractivity contribution in [2.24, 2.45) is 0 Å². The highest BCUT2D eigenvalue weighted by atomic mass is 19.1. The summed E-state index contributed by atoms with van der Waals surface area (Å²) in [5, 5.41) is 11.5. The quantitative estimate of drug-likeness (QED) is 0.527. The van der Waals surface area contributed by atoms with Crippen LogP contribution in [0.2, 0.25) is 0 Å². The van der Waals surface area contributed by atoms with Gasteiger partial charge in [0.1, 0.15) is 17.3 Å². The molecule has 1 aliphatic rings. The molecule has 1 aliphatic heterocycles. The number of benzene rings is 2. The summed E-state index contributed by atoms with van der Waals surface area (Å²) >= 11 is 0. The number of hydrogen-bond acceptors (Lipinski definition) is 7. The van der Waals surface area contributed by atoms with Gasteiger partial charge in [0, 0.05) is 24.7 Å². The van der Waals surface area contributed by atoms with E-state index in [0.29, 0.717) is 32.0 Å². The number of nitrogens with zero attached hydrogens (tertiary/aromatic N) is 2. The van der Waals surface area contributed by atoms with Gasteiger partial charge in [0.25, 0.3) is 17.5 Å². The molecule has 1 heterocycles. The normalized spacial score (nSPS) is 14.5. The first-order valence-corrected chi connectivity index (χ1v) is 9.48. The Morgan fingerprint density at radius 1 is 1.16 bits per heavy atom. The molecule has 1 fully saturated rings. The van der Waals surface area contributed by atoms with Crippen molar-refractivity contribution in [3.05, 3.63) is 64.0 Å². The molecule has 1 saturated heterocycles. The van der Waals surface area contributed by atoms with Crippen LogP contribution in [0, 0.1) is 15.9 Å². The van der Waals surface area contributed by atoms with E-state index >= 15 is 0 Å². The number of ether oxygens (including phenoxy) is 2. The fourth-order valence-corrected chi connectivity index (χ4v) is 2.95. The van der Waals surface area contributed by atoms with Crippen molar-refractivity contribution in [1.29, 1.82) is 0 Å². The van der Waals surface area contributed by atoms with Crippen LogP contribution in [-0.4, -0.2) is 49.1 Å². The van der Waals surface area contributed by atoms with Crippen LogP contribution in [0.4, 0.5) is 15.8 Å². The van der Waals surface area contributed by atoms with Gasteiger partial charge in [0.05, 0.1) is 18.1 Å². The Hall–Kier alpha value is -3.73. The predicted octanol–water partition coefficient (Wildman–Crippen LogP) is 1.80. The van der Waals surface area contributed by atoms with E-state index < -0.39 is 28.7 Å². The van der Waals surface area contributed by atoms with E-state index in [4.69, 9.17) is 9.47 Å². The summed E-state index contributed by atoms with van der Waals surface area (Å²) in [7, 11) is 0. The number of hydrazine groups is 1. The van der Waals surface area contributed by atoms with Gasteiger partial charge < -0.3 is 14.4 Å². The minimum Gasteiger partial charge on any atom is -0.481 e. The molecule has 2 amide bonds. The fourth-order valence-electron chi connectivity index (χ4n) is 2.95. The zero-order valence-corrected chi connectivity index (χ0v) is 16.7. The minimum absolute atomic E-state index is 0.0103. The number of nitro benzene ring substituents is 1. The number of nitrogens with one attached hydrogen (secondary N) is 2. The molecule has 31 heavy (non-hydrogen) atoms. The van der Waals surface area contributed by atoms with Crippen LogP contribution in [-0.2, 0) is 9.53 Å². The molecule has 11 heteroatoms. The molecule has 1 atom stereocenters. The van der Waals surface area contributed by atoms with Gasteiger partial charge in [0.2, 0.25) is 0 Å². The second-order valence-corrected chi connectivity index (χ2v) is 6.72. The second kappa shape index (κ2) is 9.85. The lowest BCUT2D eigenvalue weighted by Gasteiger charge is -2.28. The lowest BCUT2D eigenvalue weighted by molar-refractivity contribution is -0.384. The number of nitro groups is 1. The zero-order valence-electron chi connectivity index (χ0n) is 16.7. The van der Waals surface area contributed by atoms with Gasteiger partial charge in [-0.05, 0) is 43.3 Å². The van der Waals surface area contributed by atoms with Crippen LogP contribution in [0.15, 0.2) is 42.5 Å². The molecule has 0 saturated carbocycles. The minimum atomic E-state index is -0.983. The number of carbonyl (C=O) groups is 2. The first-order valence-electron chi connectivity index (χ1n) is 9.48. The monoisotopic (exact) mass is 432 g/mol. The molecule has 0 spiro atoms. The zero-order chi connectivity index (χ0) is 22.4. The molecular formula is C20H21FN4O6. The highest BCUT2D eigenvalue weighted by molar-refractivity contribution is 5.97. The molecule has 2 aromatic rings. The Kier molecular flexibility index (Phi) is 6.98. The summed E-state index contributed by atoms with van der Waals surface area (Å²) in [5.41, 5.74) is 4.60. The van der Waals surface area contributed by atoms with Crippen molar-refractivity contribution < 1.29 is 28.4 Å². The summed E-state index contributed by atoms with van der Waals surface area (Å²) in [6.07, 6.45) is -0.983. The fraction of sp³-hybridized carbons (Fsp3) is 0.300. The summed E-state index contributed by atoms with van der Waals surface area (Å²) in [4.78, 5) is 37.3. The van der Waals surface area contributed by atoms with E-state index in [2.05, 4.69) is 10.9 Å². The first kappa shape index (κ1) is 22.0. The molecule has 0 aromatic heterocycles. The van der Waals surface area contributed by atoms with Crippen LogP contribution < -0.4 is 20.5 Å². The van der Waals surface area contributed by atoms with E-state index in [1.807, 2.05) is 4.90 Å². The van der Waals surface area contributed by atoms with Gasteiger partial charge >= 0.3 is 0 Å². The number of morpholine rings is 1. The third kappa shape index (κ3) is 5.66. The average molecular weight is 432 g/mol. The Labute approximate surface area is 177 Å². The molecule has 10 nitrogen and oxygen atoms in total. The van der Waals surface area contributed by atoms with Crippen molar-refractivity contribution in [3.8, 4) is 5.75 Å². The summed E-state index contributed by atoms with van der Waals surface area (Å²) in [5.74, 6) is -1.54.